The molecule has 2 bridgehead atoms. The molecule has 2 aromatic carbocycles. The Kier molecular flexibility index (Phi) is 6.52. The fourth-order valence-corrected chi connectivity index (χ4v) is 5.80. The summed E-state index contributed by atoms with van der Waals surface area (Å²) in [4.78, 5) is 12.5. The van der Waals surface area contributed by atoms with Crippen LogP contribution >= 0.6 is 12.2 Å². The molecule has 2 aliphatic rings. The fraction of sp³-hybridized carbons (Fsp3) is 0.364. The molecule has 2 aliphatic carbocycles. The molecule has 0 radical (unpaired) electrons. The van der Waals surface area contributed by atoms with E-state index < -0.39 is 15.9 Å². The second-order valence-electron chi connectivity index (χ2n) is 8.20. The smallest absolute Gasteiger partial charge is 0.269 e. The first-order valence-electron chi connectivity index (χ1n) is 10.5. The number of hydrogen-bond donors (Lipinski definition) is 4. The molecule has 2 aromatic rings. The number of amides is 1. The van der Waals surface area contributed by atoms with E-state index in [1.165, 1.54) is 50.6 Å². The topological polar surface area (TPSA) is 109 Å². The van der Waals surface area contributed by atoms with Crippen LogP contribution in [0.15, 0.2) is 53.4 Å². The van der Waals surface area contributed by atoms with E-state index in [1.54, 1.807) is 24.3 Å². The number of methoxy groups -OCH3 is 1. The van der Waals surface area contributed by atoms with E-state index in [4.69, 9.17) is 17.0 Å². The molecule has 3 atom stereocenters. The Balaban J connectivity index is 1.34. The summed E-state index contributed by atoms with van der Waals surface area (Å²) in [5.41, 5.74) is 5.84. The van der Waals surface area contributed by atoms with Crippen molar-refractivity contribution in [3.63, 3.8) is 0 Å². The van der Waals surface area contributed by atoms with Crippen LogP contribution in [0.5, 0.6) is 5.75 Å². The number of nitrogens with one attached hydrogen (secondary N) is 4. The normalized spacial score (nSPS) is 21.6. The molecule has 0 saturated heterocycles. The zero-order valence-electron chi connectivity index (χ0n) is 17.6. The number of anilines is 1. The van der Waals surface area contributed by atoms with Gasteiger partial charge in [0.15, 0.2) is 5.11 Å². The van der Waals surface area contributed by atoms with Gasteiger partial charge in [-0.3, -0.25) is 20.4 Å². The van der Waals surface area contributed by atoms with Gasteiger partial charge in [0.1, 0.15) is 5.75 Å². The van der Waals surface area contributed by atoms with E-state index in [9.17, 15) is 13.2 Å². The lowest BCUT2D eigenvalue weighted by atomic mass is 9.96. The van der Waals surface area contributed by atoms with Crippen LogP contribution in [0.3, 0.4) is 0 Å². The first-order valence-corrected chi connectivity index (χ1v) is 12.4. The molecule has 0 spiro atoms. The van der Waals surface area contributed by atoms with E-state index in [-0.39, 0.29) is 10.5 Å². The lowest BCUT2D eigenvalue weighted by Gasteiger charge is -2.24. The van der Waals surface area contributed by atoms with Crippen molar-refractivity contribution in [2.75, 3.05) is 11.8 Å². The Bertz CT molecular complexity index is 1110. The number of ether oxygens (including phenoxy) is 1. The highest BCUT2D eigenvalue weighted by atomic mass is 32.2. The van der Waals surface area contributed by atoms with Gasteiger partial charge >= 0.3 is 0 Å². The van der Waals surface area contributed by atoms with Gasteiger partial charge in [-0.15, -0.1) is 0 Å². The number of hydrogen-bond acceptors (Lipinski definition) is 5. The van der Waals surface area contributed by atoms with Crippen LogP contribution in [0.2, 0.25) is 0 Å². The lowest BCUT2D eigenvalue weighted by molar-refractivity contribution is 0.0943. The van der Waals surface area contributed by atoms with Crippen molar-refractivity contribution in [2.24, 2.45) is 11.8 Å². The summed E-state index contributed by atoms with van der Waals surface area (Å²) in [5, 5.41) is 3.64. The van der Waals surface area contributed by atoms with Gasteiger partial charge in [-0.2, -0.15) is 0 Å². The highest BCUT2D eigenvalue weighted by Gasteiger charge is 2.39. The van der Waals surface area contributed by atoms with Crippen LogP contribution in [0, 0.1) is 11.8 Å². The average Bonchev–Trinajstić information content (AvgIpc) is 3.41. The van der Waals surface area contributed by atoms with Crippen LogP contribution < -0.4 is 25.6 Å². The number of benzene rings is 2. The second kappa shape index (κ2) is 9.33. The van der Waals surface area contributed by atoms with Crippen molar-refractivity contribution in [2.45, 2.75) is 36.6 Å². The molecule has 0 heterocycles. The van der Waals surface area contributed by atoms with Crippen LogP contribution in [0.1, 0.15) is 36.0 Å². The van der Waals surface area contributed by atoms with Crippen LogP contribution in [-0.4, -0.2) is 32.6 Å². The predicted octanol–water partition coefficient (Wildman–Crippen LogP) is 2.79. The zero-order chi connectivity index (χ0) is 22.7. The van der Waals surface area contributed by atoms with E-state index in [0.717, 1.165) is 12.3 Å². The highest BCUT2D eigenvalue weighted by molar-refractivity contribution is 7.92. The minimum absolute atomic E-state index is 0.0244. The summed E-state index contributed by atoms with van der Waals surface area (Å²) < 4.78 is 33.0. The van der Waals surface area contributed by atoms with Gasteiger partial charge in [0.25, 0.3) is 15.9 Å². The molecule has 32 heavy (non-hydrogen) atoms. The van der Waals surface area contributed by atoms with E-state index in [1.807, 2.05) is 0 Å². The summed E-state index contributed by atoms with van der Waals surface area (Å²) >= 11 is 5.30. The van der Waals surface area contributed by atoms with Gasteiger partial charge in [-0.1, -0.05) is 12.5 Å². The first kappa shape index (κ1) is 22.3. The van der Waals surface area contributed by atoms with Crippen molar-refractivity contribution >= 4 is 38.9 Å². The fourth-order valence-electron chi connectivity index (χ4n) is 4.49. The lowest BCUT2D eigenvalue weighted by Crippen LogP contribution is -2.50. The predicted molar refractivity (Wildman–Crippen MR) is 126 cm³/mol. The number of rotatable bonds is 6. The third kappa shape index (κ3) is 5.13. The molecule has 0 unspecified atom stereocenters. The Labute approximate surface area is 193 Å². The van der Waals surface area contributed by atoms with Crippen molar-refractivity contribution in [1.29, 1.82) is 0 Å². The van der Waals surface area contributed by atoms with Crippen LogP contribution in [0.4, 0.5) is 5.69 Å². The number of thiocarbonyl (C=S) groups is 1. The third-order valence-corrected chi connectivity index (χ3v) is 7.69. The van der Waals surface area contributed by atoms with E-state index >= 15 is 0 Å². The van der Waals surface area contributed by atoms with Gasteiger partial charge in [0.05, 0.1) is 12.0 Å². The van der Waals surface area contributed by atoms with E-state index in [0.29, 0.717) is 28.5 Å². The summed E-state index contributed by atoms with van der Waals surface area (Å²) in [7, 11) is -2.34. The molecule has 8 nitrogen and oxygen atoms in total. The summed E-state index contributed by atoms with van der Waals surface area (Å²) in [5.74, 6) is 1.57. The number of hydrazine groups is 1. The molecule has 2 saturated carbocycles. The van der Waals surface area contributed by atoms with Gasteiger partial charge in [-0.05, 0) is 85.8 Å². The zero-order valence-corrected chi connectivity index (χ0v) is 19.3. The molecule has 0 aromatic heterocycles. The maximum atomic E-state index is 12.7. The SMILES string of the molecule is COc1ccc(NS(=O)(=O)c2cccc(C(=O)NNC(=S)N[C@H]3C[C@@H]4CC[C@@H]3C4)c2)cc1. The molecule has 2 fully saturated rings. The van der Waals surface area contributed by atoms with Crippen molar-refractivity contribution in [3.8, 4) is 5.75 Å². The first-order chi connectivity index (χ1) is 15.3. The molecule has 170 valence electrons. The molecule has 10 heteroatoms. The third-order valence-electron chi connectivity index (χ3n) is 6.09. The second-order valence-corrected chi connectivity index (χ2v) is 10.3. The van der Waals surface area contributed by atoms with Gasteiger partial charge in [-0.25, -0.2) is 8.42 Å². The van der Waals surface area contributed by atoms with Crippen LogP contribution in [-0.2, 0) is 10.0 Å². The quantitative estimate of drug-likeness (QED) is 0.377. The molecular weight excluding hydrogens is 448 g/mol. The van der Waals surface area contributed by atoms with E-state index in [2.05, 4.69) is 20.9 Å². The number of sulfonamides is 1. The Morgan fingerprint density at radius 3 is 2.50 bits per heavy atom. The minimum atomic E-state index is -3.87. The van der Waals surface area contributed by atoms with Gasteiger partial charge in [0.2, 0.25) is 0 Å². The Morgan fingerprint density at radius 2 is 1.84 bits per heavy atom. The highest BCUT2D eigenvalue weighted by Crippen LogP contribution is 2.44. The Morgan fingerprint density at radius 1 is 1.06 bits per heavy atom. The number of carbonyl (C=O) groups excluding carboxylic acids is 1. The van der Waals surface area contributed by atoms with Crippen molar-refractivity contribution in [3.05, 3.63) is 54.1 Å². The van der Waals surface area contributed by atoms with Gasteiger partial charge in [0, 0.05) is 17.3 Å². The minimum Gasteiger partial charge on any atom is -0.497 e. The average molecular weight is 475 g/mol. The van der Waals surface area contributed by atoms with Gasteiger partial charge < -0.3 is 10.1 Å². The van der Waals surface area contributed by atoms with Crippen molar-refractivity contribution in [1.82, 2.24) is 16.2 Å². The molecular formula is C22H26N4O4S2. The molecule has 1 amide bonds. The molecule has 4 N–H and O–H groups in total. The summed E-state index contributed by atoms with van der Waals surface area (Å²) in [6, 6.07) is 12.7. The maximum absolute atomic E-state index is 12.7. The van der Waals surface area contributed by atoms with Crippen molar-refractivity contribution < 1.29 is 17.9 Å². The summed E-state index contributed by atoms with van der Waals surface area (Å²) in [6.07, 6.45) is 4.88. The molecule has 4 rings (SSSR count). The Hall–Kier alpha value is -2.85. The number of carbonyl (C=O) groups is 1. The summed E-state index contributed by atoms with van der Waals surface area (Å²) in [6.45, 7) is 0. The van der Waals surface area contributed by atoms with Crippen LogP contribution in [0.25, 0.3) is 0 Å². The molecule has 0 aliphatic heterocycles. The number of fused-ring (bicyclic) bond motifs is 2. The monoisotopic (exact) mass is 474 g/mol. The standard InChI is InChI=1S/C22H26N4O4S2/c1-30-18-9-7-17(8-10-18)26-32(28,29)19-4-2-3-16(13-19)21(27)24-25-22(31)23-20-12-14-5-6-15(20)11-14/h2-4,7-10,13-15,20,26H,5-6,11-12H2,1H3,(H,24,27)(H2,23,25,31)/t14-,15-,20+/m1/s1. The largest absolute Gasteiger partial charge is 0.497 e. The maximum Gasteiger partial charge on any atom is 0.269 e.